The highest BCUT2D eigenvalue weighted by Gasteiger charge is 2.06. The summed E-state index contributed by atoms with van der Waals surface area (Å²) < 4.78 is 11.1. The third-order valence-corrected chi connectivity index (χ3v) is 2.78. The fourth-order valence-corrected chi connectivity index (χ4v) is 1.76. The van der Waals surface area contributed by atoms with Gasteiger partial charge in [0, 0.05) is 18.9 Å². The Morgan fingerprint density at radius 2 is 1.95 bits per heavy atom. The molecule has 0 amide bonds. The van der Waals surface area contributed by atoms with Crippen LogP contribution in [0.4, 0.5) is 0 Å². The number of ether oxygens (including phenoxy) is 2. The van der Waals surface area contributed by atoms with Crippen molar-refractivity contribution < 1.29 is 9.47 Å². The molecule has 5 nitrogen and oxygen atoms in total. The summed E-state index contributed by atoms with van der Waals surface area (Å²) in [6, 6.07) is 7.68. The van der Waals surface area contributed by atoms with Crippen molar-refractivity contribution >= 4 is 0 Å². The lowest BCUT2D eigenvalue weighted by Crippen LogP contribution is -2.11. The first-order valence-electron chi connectivity index (χ1n) is 6.59. The first-order chi connectivity index (χ1) is 9.83. The fraction of sp³-hybridized carbons (Fsp3) is 0.333. The summed E-state index contributed by atoms with van der Waals surface area (Å²) in [5.41, 5.74) is 1.16. The average Bonchev–Trinajstić information content (AvgIpc) is 2.52. The Morgan fingerprint density at radius 1 is 1.15 bits per heavy atom. The largest absolute Gasteiger partial charge is 0.493 e. The van der Waals surface area contributed by atoms with Crippen LogP contribution in [-0.2, 0) is 13.2 Å². The summed E-state index contributed by atoms with van der Waals surface area (Å²) in [5.74, 6) is 2.06. The lowest BCUT2D eigenvalue weighted by molar-refractivity contribution is 0.276. The van der Waals surface area contributed by atoms with Crippen LogP contribution in [0.1, 0.15) is 18.3 Å². The van der Waals surface area contributed by atoms with Crippen molar-refractivity contribution in [2.75, 3.05) is 13.7 Å². The summed E-state index contributed by atoms with van der Waals surface area (Å²) in [5, 5.41) is 3.28. The van der Waals surface area contributed by atoms with E-state index in [1.807, 2.05) is 18.2 Å². The summed E-state index contributed by atoms with van der Waals surface area (Å²) >= 11 is 0. The number of hydrogen-bond acceptors (Lipinski definition) is 5. The van der Waals surface area contributed by atoms with Gasteiger partial charge in [-0.05, 0) is 30.3 Å². The van der Waals surface area contributed by atoms with Crippen LogP contribution in [-0.4, -0.2) is 23.6 Å². The molecule has 0 bridgehead atoms. The van der Waals surface area contributed by atoms with Crippen molar-refractivity contribution in [2.24, 2.45) is 0 Å². The third kappa shape index (κ3) is 3.93. The molecule has 0 aliphatic rings. The van der Waals surface area contributed by atoms with Gasteiger partial charge in [0.1, 0.15) is 6.61 Å². The summed E-state index contributed by atoms with van der Waals surface area (Å²) in [4.78, 5) is 8.24. The van der Waals surface area contributed by atoms with Gasteiger partial charge in [-0.2, -0.15) is 0 Å². The zero-order valence-electron chi connectivity index (χ0n) is 11.8. The monoisotopic (exact) mass is 273 g/mol. The molecular weight excluding hydrogens is 254 g/mol. The molecule has 1 aromatic carbocycles. The molecule has 0 saturated heterocycles. The molecule has 0 spiro atoms. The molecule has 0 unspecified atom stereocenters. The number of rotatable bonds is 7. The van der Waals surface area contributed by atoms with Crippen molar-refractivity contribution in [1.82, 2.24) is 15.3 Å². The van der Waals surface area contributed by atoms with Gasteiger partial charge in [0.15, 0.2) is 17.3 Å². The third-order valence-electron chi connectivity index (χ3n) is 2.78. The second-order valence-electron chi connectivity index (χ2n) is 4.22. The van der Waals surface area contributed by atoms with Crippen LogP contribution in [0.25, 0.3) is 0 Å². The topological polar surface area (TPSA) is 56.3 Å². The molecule has 0 aliphatic heterocycles. The fourth-order valence-electron chi connectivity index (χ4n) is 1.76. The molecule has 0 saturated carbocycles. The zero-order chi connectivity index (χ0) is 14.2. The highest BCUT2D eigenvalue weighted by atomic mass is 16.5. The van der Waals surface area contributed by atoms with E-state index in [0.717, 1.165) is 24.4 Å². The molecule has 0 radical (unpaired) electrons. The Hall–Kier alpha value is -2.14. The van der Waals surface area contributed by atoms with Gasteiger partial charge in [-0.3, -0.25) is 0 Å². The average molecular weight is 273 g/mol. The second-order valence-corrected chi connectivity index (χ2v) is 4.22. The molecule has 1 aromatic heterocycles. The molecule has 106 valence electrons. The minimum atomic E-state index is 0.323. The first-order valence-corrected chi connectivity index (χ1v) is 6.59. The quantitative estimate of drug-likeness (QED) is 0.838. The van der Waals surface area contributed by atoms with E-state index < -0.39 is 0 Å². The van der Waals surface area contributed by atoms with E-state index in [4.69, 9.17) is 9.47 Å². The van der Waals surface area contributed by atoms with Crippen LogP contribution in [0, 0.1) is 0 Å². The smallest absolute Gasteiger partial charge is 0.166 e. The van der Waals surface area contributed by atoms with Gasteiger partial charge < -0.3 is 14.8 Å². The number of aromatic nitrogens is 2. The van der Waals surface area contributed by atoms with Gasteiger partial charge in [-0.1, -0.05) is 13.0 Å². The van der Waals surface area contributed by atoms with Crippen molar-refractivity contribution in [1.29, 1.82) is 0 Å². The standard InChI is InChI=1S/C15H19N3O2/c1-3-16-10-12-5-6-13(14(9-12)19-2)20-11-15-17-7-4-8-18-15/h4-9,16H,3,10-11H2,1-2H3. The molecule has 1 N–H and O–H groups in total. The van der Waals surface area contributed by atoms with E-state index in [0.29, 0.717) is 18.2 Å². The molecule has 0 fully saturated rings. The van der Waals surface area contributed by atoms with Gasteiger partial charge in [-0.15, -0.1) is 0 Å². The van der Waals surface area contributed by atoms with E-state index in [2.05, 4.69) is 22.2 Å². The molecule has 0 aliphatic carbocycles. The Labute approximate surface area is 119 Å². The zero-order valence-corrected chi connectivity index (χ0v) is 11.8. The number of methoxy groups -OCH3 is 1. The molecule has 0 atom stereocenters. The van der Waals surface area contributed by atoms with E-state index >= 15 is 0 Å². The molecule has 2 rings (SSSR count). The van der Waals surface area contributed by atoms with Crippen molar-refractivity contribution in [2.45, 2.75) is 20.1 Å². The van der Waals surface area contributed by atoms with Gasteiger partial charge in [0.25, 0.3) is 0 Å². The van der Waals surface area contributed by atoms with E-state index in [-0.39, 0.29) is 0 Å². The van der Waals surface area contributed by atoms with Crippen LogP contribution >= 0.6 is 0 Å². The van der Waals surface area contributed by atoms with Crippen LogP contribution < -0.4 is 14.8 Å². The van der Waals surface area contributed by atoms with Crippen LogP contribution in [0.3, 0.4) is 0 Å². The van der Waals surface area contributed by atoms with Crippen LogP contribution in [0.5, 0.6) is 11.5 Å². The summed E-state index contributed by atoms with van der Waals surface area (Å²) in [7, 11) is 1.64. The minimum Gasteiger partial charge on any atom is -0.493 e. The van der Waals surface area contributed by atoms with Gasteiger partial charge in [0.2, 0.25) is 0 Å². The number of nitrogens with zero attached hydrogens (tertiary/aromatic N) is 2. The van der Waals surface area contributed by atoms with Crippen molar-refractivity contribution in [3.05, 3.63) is 48.0 Å². The van der Waals surface area contributed by atoms with Crippen LogP contribution in [0.15, 0.2) is 36.7 Å². The molecule has 5 heteroatoms. The normalized spacial score (nSPS) is 10.3. The Morgan fingerprint density at radius 3 is 2.65 bits per heavy atom. The van der Waals surface area contributed by atoms with Crippen molar-refractivity contribution in [3.63, 3.8) is 0 Å². The highest BCUT2D eigenvalue weighted by Crippen LogP contribution is 2.28. The van der Waals surface area contributed by atoms with Gasteiger partial charge >= 0.3 is 0 Å². The maximum atomic E-state index is 5.70. The van der Waals surface area contributed by atoms with E-state index in [1.165, 1.54) is 0 Å². The van der Waals surface area contributed by atoms with Gasteiger partial charge in [-0.25, -0.2) is 9.97 Å². The van der Waals surface area contributed by atoms with E-state index in [9.17, 15) is 0 Å². The summed E-state index contributed by atoms with van der Waals surface area (Å²) in [6.07, 6.45) is 3.39. The van der Waals surface area contributed by atoms with Crippen molar-refractivity contribution in [3.8, 4) is 11.5 Å². The summed E-state index contributed by atoms with van der Waals surface area (Å²) in [6.45, 7) is 4.15. The maximum Gasteiger partial charge on any atom is 0.166 e. The Kier molecular flexibility index (Phi) is 5.32. The maximum absolute atomic E-state index is 5.70. The predicted octanol–water partition coefficient (Wildman–Crippen LogP) is 2.17. The molecule has 2 aromatic rings. The molecule has 1 heterocycles. The van der Waals surface area contributed by atoms with E-state index in [1.54, 1.807) is 25.6 Å². The second kappa shape index (κ2) is 7.45. The SMILES string of the molecule is CCNCc1ccc(OCc2ncccn2)c(OC)c1. The Bertz CT molecular complexity index is 532. The lowest BCUT2D eigenvalue weighted by Gasteiger charge is -2.12. The highest BCUT2D eigenvalue weighted by molar-refractivity contribution is 5.42. The Balaban J connectivity index is 2.03. The first kappa shape index (κ1) is 14.3. The molecule has 20 heavy (non-hydrogen) atoms. The minimum absolute atomic E-state index is 0.323. The van der Waals surface area contributed by atoms with Crippen LogP contribution in [0.2, 0.25) is 0 Å². The number of hydrogen-bond donors (Lipinski definition) is 1. The number of nitrogens with one attached hydrogen (secondary N) is 1. The number of benzene rings is 1. The lowest BCUT2D eigenvalue weighted by atomic mass is 10.2. The predicted molar refractivity (Wildman–Crippen MR) is 76.7 cm³/mol. The molecular formula is C15H19N3O2. The van der Waals surface area contributed by atoms with Gasteiger partial charge in [0.05, 0.1) is 7.11 Å².